The highest BCUT2D eigenvalue weighted by molar-refractivity contribution is 5.85. The van der Waals surface area contributed by atoms with E-state index >= 15 is 0 Å². The van der Waals surface area contributed by atoms with Crippen LogP contribution >= 0.6 is 0 Å². The van der Waals surface area contributed by atoms with Crippen LogP contribution in [0.5, 0.6) is 17.2 Å². The standard InChI is InChI=1S/C21H14O5/c22-13-3-1-12(2-4-13)16-7-5-14(23)9-18(16)21-11-19(25)17-8-6-15(24)10-20(17)26-21/h1-11,22-24H. The Morgan fingerprint density at radius 2 is 1.31 bits per heavy atom. The number of phenolic OH excluding ortho intramolecular Hbond substituents is 3. The van der Waals surface area contributed by atoms with Crippen LogP contribution in [0.25, 0.3) is 33.4 Å². The van der Waals surface area contributed by atoms with E-state index < -0.39 is 0 Å². The Labute approximate surface area is 148 Å². The smallest absolute Gasteiger partial charge is 0.193 e. The Kier molecular flexibility index (Phi) is 3.62. The zero-order chi connectivity index (χ0) is 18.3. The molecule has 1 heterocycles. The van der Waals surface area contributed by atoms with E-state index in [-0.39, 0.29) is 34.0 Å². The van der Waals surface area contributed by atoms with Gasteiger partial charge in [0.15, 0.2) is 5.43 Å². The predicted molar refractivity (Wildman–Crippen MR) is 98.4 cm³/mol. The third-order valence-corrected chi connectivity index (χ3v) is 4.16. The van der Waals surface area contributed by atoms with E-state index in [4.69, 9.17) is 4.42 Å². The van der Waals surface area contributed by atoms with Gasteiger partial charge in [0.2, 0.25) is 0 Å². The van der Waals surface area contributed by atoms with Gasteiger partial charge in [-0.05, 0) is 53.6 Å². The summed E-state index contributed by atoms with van der Waals surface area (Å²) in [6, 6.07) is 17.0. The molecule has 0 fully saturated rings. The van der Waals surface area contributed by atoms with Gasteiger partial charge in [0.05, 0.1) is 5.39 Å². The van der Waals surface area contributed by atoms with E-state index in [0.29, 0.717) is 10.9 Å². The van der Waals surface area contributed by atoms with Crippen molar-refractivity contribution in [3.05, 3.63) is 77.0 Å². The maximum absolute atomic E-state index is 12.4. The van der Waals surface area contributed by atoms with Crippen LogP contribution in [0.1, 0.15) is 0 Å². The lowest BCUT2D eigenvalue weighted by Crippen LogP contribution is -2.00. The molecule has 0 atom stereocenters. The van der Waals surface area contributed by atoms with Crippen molar-refractivity contribution in [1.82, 2.24) is 0 Å². The minimum atomic E-state index is -0.249. The van der Waals surface area contributed by atoms with Crippen LogP contribution in [0.15, 0.2) is 75.9 Å². The topological polar surface area (TPSA) is 90.9 Å². The van der Waals surface area contributed by atoms with E-state index in [9.17, 15) is 20.1 Å². The van der Waals surface area contributed by atoms with Crippen LogP contribution in [-0.2, 0) is 0 Å². The molecular formula is C21H14O5. The van der Waals surface area contributed by atoms with E-state index in [1.807, 2.05) is 0 Å². The van der Waals surface area contributed by atoms with E-state index in [1.54, 1.807) is 30.3 Å². The van der Waals surface area contributed by atoms with Gasteiger partial charge in [-0.15, -0.1) is 0 Å². The quantitative estimate of drug-likeness (QED) is 0.505. The fraction of sp³-hybridized carbons (Fsp3) is 0. The molecule has 4 rings (SSSR count). The average molecular weight is 346 g/mol. The number of benzene rings is 3. The number of hydrogen-bond donors (Lipinski definition) is 3. The molecule has 128 valence electrons. The summed E-state index contributed by atoms with van der Waals surface area (Å²) < 4.78 is 5.83. The molecule has 0 aliphatic rings. The first kappa shape index (κ1) is 15.8. The molecular weight excluding hydrogens is 332 g/mol. The van der Waals surface area contributed by atoms with Crippen molar-refractivity contribution < 1.29 is 19.7 Å². The molecule has 0 unspecified atom stereocenters. The Morgan fingerprint density at radius 1 is 0.654 bits per heavy atom. The lowest BCUT2D eigenvalue weighted by Gasteiger charge is -2.11. The van der Waals surface area contributed by atoms with Gasteiger partial charge in [0.1, 0.15) is 28.6 Å². The van der Waals surface area contributed by atoms with Crippen LogP contribution in [-0.4, -0.2) is 15.3 Å². The molecule has 0 aliphatic carbocycles. The maximum Gasteiger partial charge on any atom is 0.193 e. The van der Waals surface area contributed by atoms with Crippen molar-refractivity contribution in [2.75, 3.05) is 0 Å². The molecule has 0 saturated carbocycles. The van der Waals surface area contributed by atoms with Gasteiger partial charge in [-0.1, -0.05) is 12.1 Å². The van der Waals surface area contributed by atoms with Crippen LogP contribution in [0.2, 0.25) is 0 Å². The summed E-state index contributed by atoms with van der Waals surface area (Å²) in [5.74, 6) is 0.433. The zero-order valence-electron chi connectivity index (χ0n) is 13.5. The highest BCUT2D eigenvalue weighted by Crippen LogP contribution is 2.36. The molecule has 5 nitrogen and oxygen atoms in total. The van der Waals surface area contributed by atoms with Crippen molar-refractivity contribution in [1.29, 1.82) is 0 Å². The summed E-state index contributed by atoms with van der Waals surface area (Å²) >= 11 is 0. The largest absolute Gasteiger partial charge is 0.508 e. The normalized spacial score (nSPS) is 10.9. The number of fused-ring (bicyclic) bond motifs is 1. The lowest BCUT2D eigenvalue weighted by atomic mass is 9.97. The first-order valence-corrected chi connectivity index (χ1v) is 7.91. The third-order valence-electron chi connectivity index (χ3n) is 4.16. The lowest BCUT2D eigenvalue weighted by molar-refractivity contribution is 0.473. The first-order chi connectivity index (χ1) is 12.5. The summed E-state index contributed by atoms with van der Waals surface area (Å²) in [5.41, 5.74) is 2.05. The molecule has 0 radical (unpaired) electrons. The SMILES string of the molecule is O=c1cc(-c2cc(O)ccc2-c2ccc(O)cc2)oc2cc(O)ccc12. The van der Waals surface area contributed by atoms with Crippen molar-refractivity contribution in [3.63, 3.8) is 0 Å². The van der Waals surface area contributed by atoms with Crippen LogP contribution in [0.4, 0.5) is 0 Å². The average Bonchev–Trinajstić information content (AvgIpc) is 2.62. The van der Waals surface area contributed by atoms with Crippen molar-refractivity contribution in [2.24, 2.45) is 0 Å². The summed E-state index contributed by atoms with van der Waals surface area (Å²) in [6.07, 6.45) is 0. The van der Waals surface area contributed by atoms with Crippen LogP contribution in [0, 0.1) is 0 Å². The Bertz CT molecular complexity index is 1170. The van der Waals surface area contributed by atoms with E-state index in [2.05, 4.69) is 0 Å². The van der Waals surface area contributed by atoms with Gasteiger partial charge in [-0.3, -0.25) is 4.79 Å². The van der Waals surface area contributed by atoms with E-state index in [1.165, 1.54) is 36.4 Å². The fourth-order valence-corrected chi connectivity index (χ4v) is 2.91. The monoisotopic (exact) mass is 346 g/mol. The van der Waals surface area contributed by atoms with Gasteiger partial charge >= 0.3 is 0 Å². The van der Waals surface area contributed by atoms with Gasteiger partial charge in [-0.2, -0.15) is 0 Å². The molecule has 0 amide bonds. The second kappa shape index (κ2) is 5.97. The number of aromatic hydroxyl groups is 3. The van der Waals surface area contributed by atoms with Crippen molar-refractivity contribution in [2.45, 2.75) is 0 Å². The molecule has 5 heteroatoms. The highest BCUT2D eigenvalue weighted by Gasteiger charge is 2.14. The molecule has 0 saturated heterocycles. The third kappa shape index (κ3) is 2.75. The second-order valence-corrected chi connectivity index (χ2v) is 5.93. The summed E-state index contributed by atoms with van der Waals surface area (Å²) in [5, 5.41) is 29.4. The number of phenols is 3. The van der Waals surface area contributed by atoms with Crippen LogP contribution in [0.3, 0.4) is 0 Å². The summed E-state index contributed by atoms with van der Waals surface area (Å²) in [4.78, 5) is 12.4. The number of hydrogen-bond acceptors (Lipinski definition) is 5. The molecule has 3 N–H and O–H groups in total. The van der Waals surface area contributed by atoms with Crippen molar-refractivity contribution in [3.8, 4) is 39.7 Å². The summed E-state index contributed by atoms with van der Waals surface area (Å²) in [6.45, 7) is 0. The van der Waals surface area contributed by atoms with Gasteiger partial charge in [0.25, 0.3) is 0 Å². The molecule has 3 aromatic carbocycles. The van der Waals surface area contributed by atoms with Crippen molar-refractivity contribution >= 4 is 11.0 Å². The van der Waals surface area contributed by atoms with Gasteiger partial charge < -0.3 is 19.7 Å². The second-order valence-electron chi connectivity index (χ2n) is 5.93. The Balaban J connectivity index is 1.98. The highest BCUT2D eigenvalue weighted by atomic mass is 16.3. The first-order valence-electron chi connectivity index (χ1n) is 7.91. The van der Waals surface area contributed by atoms with E-state index in [0.717, 1.165) is 11.1 Å². The molecule has 4 aromatic rings. The maximum atomic E-state index is 12.4. The molecule has 0 aliphatic heterocycles. The minimum Gasteiger partial charge on any atom is -0.508 e. The predicted octanol–water partition coefficient (Wildman–Crippen LogP) is 4.24. The summed E-state index contributed by atoms with van der Waals surface area (Å²) in [7, 11) is 0. The van der Waals surface area contributed by atoms with Crippen LogP contribution < -0.4 is 5.43 Å². The Hall–Kier alpha value is -3.73. The molecule has 26 heavy (non-hydrogen) atoms. The zero-order valence-corrected chi connectivity index (χ0v) is 13.5. The number of rotatable bonds is 2. The molecule has 0 bridgehead atoms. The fourth-order valence-electron chi connectivity index (χ4n) is 2.91. The van der Waals surface area contributed by atoms with Gasteiger partial charge in [-0.25, -0.2) is 0 Å². The molecule has 1 aromatic heterocycles. The van der Waals surface area contributed by atoms with Gasteiger partial charge in [0, 0.05) is 17.7 Å². The molecule has 0 spiro atoms. The minimum absolute atomic E-state index is 0.00698. The Morgan fingerprint density at radius 3 is 2.08 bits per heavy atom.